The molecule has 4 nitrogen and oxygen atoms in total. The van der Waals surface area contributed by atoms with E-state index in [2.05, 4.69) is 31.2 Å². The molecule has 2 aromatic rings. The molecule has 1 N–H and O–H groups in total. The smallest absolute Gasteiger partial charge is 0.135 e. The van der Waals surface area contributed by atoms with Gasteiger partial charge < -0.3 is 10.1 Å². The average molecular weight is 336 g/mol. The molecule has 0 saturated heterocycles. The van der Waals surface area contributed by atoms with Gasteiger partial charge in [-0.25, -0.2) is 9.97 Å². The number of hydrogen-bond donors (Lipinski definition) is 1. The molecule has 0 saturated carbocycles. The summed E-state index contributed by atoms with van der Waals surface area (Å²) in [5, 5.41) is 3.26. The molecule has 20 heavy (non-hydrogen) atoms. The third kappa shape index (κ3) is 4.20. The number of benzene rings is 1. The van der Waals surface area contributed by atoms with Gasteiger partial charge in [0.25, 0.3) is 0 Å². The Bertz CT molecular complexity index is 570. The Hall–Kier alpha value is -1.62. The van der Waals surface area contributed by atoms with Crippen molar-refractivity contribution in [3.05, 3.63) is 40.8 Å². The number of nitrogens with one attached hydrogen (secondary N) is 1. The van der Waals surface area contributed by atoms with Crippen LogP contribution in [0.3, 0.4) is 0 Å². The summed E-state index contributed by atoms with van der Waals surface area (Å²) in [5.41, 5.74) is 0.966. The van der Waals surface area contributed by atoms with Gasteiger partial charge in [0.2, 0.25) is 0 Å². The van der Waals surface area contributed by atoms with E-state index in [9.17, 15) is 0 Å². The van der Waals surface area contributed by atoms with Gasteiger partial charge in [-0.1, -0.05) is 6.92 Å². The van der Waals surface area contributed by atoms with E-state index in [4.69, 9.17) is 4.74 Å². The summed E-state index contributed by atoms with van der Waals surface area (Å²) in [7, 11) is 0. The van der Waals surface area contributed by atoms with Crippen LogP contribution in [-0.2, 0) is 6.42 Å². The lowest BCUT2D eigenvalue weighted by atomic mass is 10.3. The number of hydrogen-bond acceptors (Lipinski definition) is 4. The van der Waals surface area contributed by atoms with Gasteiger partial charge in [-0.3, -0.25) is 0 Å². The van der Waals surface area contributed by atoms with Gasteiger partial charge in [-0.2, -0.15) is 0 Å². The molecule has 0 spiro atoms. The molecule has 0 amide bonds. The Balaban J connectivity index is 2.11. The van der Waals surface area contributed by atoms with E-state index in [0.29, 0.717) is 0 Å². The predicted molar refractivity (Wildman–Crippen MR) is 84.6 cm³/mol. The van der Waals surface area contributed by atoms with Crippen LogP contribution in [0.15, 0.2) is 34.9 Å². The second kappa shape index (κ2) is 6.70. The normalized spacial score (nSPS) is 10.7. The highest BCUT2D eigenvalue weighted by atomic mass is 79.9. The lowest BCUT2D eigenvalue weighted by Gasteiger charge is -2.11. The van der Waals surface area contributed by atoms with E-state index >= 15 is 0 Å². The number of halogens is 1. The lowest BCUT2D eigenvalue weighted by Crippen LogP contribution is -2.05. The van der Waals surface area contributed by atoms with Crippen molar-refractivity contribution in [2.75, 3.05) is 5.32 Å². The minimum absolute atomic E-state index is 0.179. The lowest BCUT2D eigenvalue weighted by molar-refractivity contribution is 0.242. The first-order chi connectivity index (χ1) is 9.56. The molecular formula is C15H18BrN3O. The van der Waals surface area contributed by atoms with Gasteiger partial charge in [-0.05, 0) is 54.0 Å². The summed E-state index contributed by atoms with van der Waals surface area (Å²) < 4.78 is 6.40. The minimum Gasteiger partial charge on any atom is -0.491 e. The van der Waals surface area contributed by atoms with Crippen molar-refractivity contribution in [1.82, 2.24) is 9.97 Å². The zero-order chi connectivity index (χ0) is 14.5. The summed E-state index contributed by atoms with van der Waals surface area (Å²) in [5.74, 6) is 2.45. The molecule has 0 aliphatic rings. The second-order valence-electron chi connectivity index (χ2n) is 4.66. The monoisotopic (exact) mass is 335 g/mol. The van der Waals surface area contributed by atoms with Crippen molar-refractivity contribution in [2.24, 2.45) is 0 Å². The first kappa shape index (κ1) is 14.8. The number of nitrogens with zero attached hydrogens (tertiary/aromatic N) is 2. The maximum atomic E-state index is 5.61. The molecule has 0 radical (unpaired) electrons. The molecule has 106 valence electrons. The zero-order valence-electron chi connectivity index (χ0n) is 11.9. The van der Waals surface area contributed by atoms with Crippen molar-refractivity contribution in [2.45, 2.75) is 33.3 Å². The Labute approximate surface area is 127 Å². The topological polar surface area (TPSA) is 47.0 Å². The summed E-state index contributed by atoms with van der Waals surface area (Å²) in [6, 6.07) is 9.69. The number of anilines is 2. The first-order valence-corrected chi connectivity index (χ1v) is 7.43. The number of rotatable bonds is 5. The van der Waals surface area contributed by atoms with E-state index in [-0.39, 0.29) is 6.10 Å². The summed E-state index contributed by atoms with van der Waals surface area (Å²) >= 11 is 3.39. The third-order valence-electron chi connectivity index (χ3n) is 2.56. The predicted octanol–water partition coefficient (Wildman–Crippen LogP) is 4.33. The Morgan fingerprint density at radius 3 is 2.50 bits per heavy atom. The first-order valence-electron chi connectivity index (χ1n) is 6.64. The van der Waals surface area contributed by atoms with E-state index < -0.39 is 0 Å². The standard InChI is InChI=1S/C15H18BrN3O/c1-4-14-18-13(16)9-15(19-14)17-11-5-7-12(8-6-11)20-10(2)3/h5-10H,4H2,1-3H3,(H,17,18,19). The highest BCUT2D eigenvalue weighted by Gasteiger charge is 2.03. The molecule has 0 fully saturated rings. The second-order valence-corrected chi connectivity index (χ2v) is 5.47. The quantitative estimate of drug-likeness (QED) is 0.826. The summed E-state index contributed by atoms with van der Waals surface area (Å²) in [4.78, 5) is 8.72. The molecule has 1 aromatic heterocycles. The van der Waals surface area contributed by atoms with Crippen molar-refractivity contribution in [3.8, 4) is 5.75 Å². The van der Waals surface area contributed by atoms with E-state index in [1.807, 2.05) is 51.1 Å². The molecule has 0 unspecified atom stereocenters. The molecule has 2 rings (SSSR count). The fourth-order valence-corrected chi connectivity index (χ4v) is 2.15. The highest BCUT2D eigenvalue weighted by molar-refractivity contribution is 9.10. The van der Waals surface area contributed by atoms with Crippen molar-refractivity contribution >= 4 is 27.4 Å². The van der Waals surface area contributed by atoms with Crippen LogP contribution in [0.1, 0.15) is 26.6 Å². The van der Waals surface area contributed by atoms with Gasteiger partial charge in [0.05, 0.1) is 6.10 Å². The van der Waals surface area contributed by atoms with Crippen LogP contribution < -0.4 is 10.1 Å². The van der Waals surface area contributed by atoms with E-state index in [1.165, 1.54) is 0 Å². The molecule has 5 heteroatoms. The fourth-order valence-electron chi connectivity index (χ4n) is 1.72. The molecule has 1 heterocycles. The van der Waals surface area contributed by atoms with Crippen LogP contribution in [0.25, 0.3) is 0 Å². The van der Waals surface area contributed by atoms with Crippen molar-refractivity contribution < 1.29 is 4.74 Å². The molecule has 0 atom stereocenters. The Kier molecular flexibility index (Phi) is 4.95. The zero-order valence-corrected chi connectivity index (χ0v) is 13.4. The van der Waals surface area contributed by atoms with Crippen LogP contribution >= 0.6 is 15.9 Å². The molecule has 0 aliphatic heterocycles. The Morgan fingerprint density at radius 2 is 1.90 bits per heavy atom. The Morgan fingerprint density at radius 1 is 1.20 bits per heavy atom. The fraction of sp³-hybridized carbons (Fsp3) is 0.333. The number of ether oxygens (including phenoxy) is 1. The van der Waals surface area contributed by atoms with Crippen LogP contribution in [0.5, 0.6) is 5.75 Å². The molecule has 0 aliphatic carbocycles. The van der Waals surface area contributed by atoms with E-state index in [0.717, 1.165) is 34.1 Å². The summed E-state index contributed by atoms with van der Waals surface area (Å²) in [6.07, 6.45) is 0.980. The van der Waals surface area contributed by atoms with Crippen molar-refractivity contribution in [3.63, 3.8) is 0 Å². The maximum Gasteiger partial charge on any atom is 0.135 e. The van der Waals surface area contributed by atoms with Crippen LogP contribution in [0, 0.1) is 0 Å². The van der Waals surface area contributed by atoms with Gasteiger partial charge >= 0.3 is 0 Å². The molecule has 1 aromatic carbocycles. The largest absolute Gasteiger partial charge is 0.491 e. The number of aromatic nitrogens is 2. The third-order valence-corrected chi connectivity index (χ3v) is 2.96. The van der Waals surface area contributed by atoms with Crippen LogP contribution in [-0.4, -0.2) is 16.1 Å². The van der Waals surface area contributed by atoms with Crippen molar-refractivity contribution in [1.29, 1.82) is 0 Å². The van der Waals surface area contributed by atoms with Crippen LogP contribution in [0.2, 0.25) is 0 Å². The minimum atomic E-state index is 0.179. The summed E-state index contributed by atoms with van der Waals surface area (Å²) in [6.45, 7) is 6.05. The van der Waals surface area contributed by atoms with Gasteiger partial charge in [-0.15, -0.1) is 0 Å². The van der Waals surface area contributed by atoms with E-state index in [1.54, 1.807) is 0 Å². The SMILES string of the molecule is CCc1nc(Br)cc(Nc2ccc(OC(C)C)cc2)n1. The number of aryl methyl sites for hydroxylation is 1. The highest BCUT2D eigenvalue weighted by Crippen LogP contribution is 2.21. The van der Waals surface area contributed by atoms with Gasteiger partial charge in [0.1, 0.15) is 22.0 Å². The van der Waals surface area contributed by atoms with Crippen LogP contribution in [0.4, 0.5) is 11.5 Å². The maximum absolute atomic E-state index is 5.61. The molecular weight excluding hydrogens is 318 g/mol. The average Bonchev–Trinajstić information content (AvgIpc) is 2.39. The molecule has 0 bridgehead atoms. The van der Waals surface area contributed by atoms with Gasteiger partial charge in [0.15, 0.2) is 0 Å². The van der Waals surface area contributed by atoms with Gasteiger partial charge in [0, 0.05) is 18.2 Å².